The monoisotopic (exact) mass is 536 g/mol. The van der Waals surface area contributed by atoms with Crippen LogP contribution in [-0.4, -0.2) is 38.3 Å². The van der Waals surface area contributed by atoms with E-state index in [1.54, 1.807) is 35.2 Å². The van der Waals surface area contributed by atoms with E-state index >= 15 is 0 Å². The number of methoxy groups -OCH3 is 1. The van der Waals surface area contributed by atoms with Gasteiger partial charge < -0.3 is 14.8 Å². The van der Waals surface area contributed by atoms with Gasteiger partial charge in [-0.05, 0) is 74.9 Å². The number of hydrogen-bond donors (Lipinski definition) is 1. The fraction of sp³-hybridized carbons (Fsp3) is 0.379. The van der Waals surface area contributed by atoms with Crippen LogP contribution in [-0.2, 0) is 11.5 Å². The number of aryl methyl sites for hydroxylation is 2. The van der Waals surface area contributed by atoms with Gasteiger partial charge in [-0.3, -0.25) is 9.69 Å². The molecule has 2 aromatic heterocycles. The van der Waals surface area contributed by atoms with E-state index in [9.17, 15) is 10.1 Å². The van der Waals surface area contributed by atoms with Crippen molar-refractivity contribution in [2.45, 2.75) is 58.3 Å². The maximum absolute atomic E-state index is 13.8. The molecule has 3 fully saturated rings. The zero-order valence-corrected chi connectivity index (χ0v) is 22.7. The van der Waals surface area contributed by atoms with Crippen LogP contribution in [0.3, 0.4) is 0 Å². The third kappa shape index (κ3) is 3.98. The molecule has 3 aromatic rings. The summed E-state index contributed by atoms with van der Waals surface area (Å²) in [5.74, 6) is 0.960. The molecular weight excluding hydrogens is 508 g/mol. The number of hydrogen-bond acceptors (Lipinski definition) is 9. The fourth-order valence-corrected chi connectivity index (χ4v) is 6.31. The molecule has 0 spiro atoms. The summed E-state index contributed by atoms with van der Waals surface area (Å²) < 4.78 is 13.3. The van der Waals surface area contributed by atoms with Crippen molar-refractivity contribution >= 4 is 23.6 Å². The molecule has 11 nitrogen and oxygen atoms in total. The van der Waals surface area contributed by atoms with Crippen molar-refractivity contribution < 1.29 is 14.3 Å². The number of nitrogens with zero attached hydrogens (tertiary/aromatic N) is 7. The second kappa shape index (κ2) is 9.18. The molecule has 1 unspecified atom stereocenters. The van der Waals surface area contributed by atoms with Gasteiger partial charge >= 0.3 is 0 Å². The van der Waals surface area contributed by atoms with Gasteiger partial charge in [0.1, 0.15) is 18.2 Å². The summed E-state index contributed by atoms with van der Waals surface area (Å²) >= 11 is 0. The number of amides is 1. The molecule has 4 aliphatic rings. The highest BCUT2D eigenvalue weighted by Crippen LogP contribution is 2.67. The molecule has 11 heteroatoms. The minimum absolute atomic E-state index is 0.226. The Bertz CT molecular complexity index is 1620. The smallest absolute Gasteiger partial charge is 0.278 e. The number of ether oxygens (including phenoxy) is 2. The lowest BCUT2D eigenvalue weighted by Crippen LogP contribution is -2.70. The molecule has 3 aliphatic carbocycles. The summed E-state index contributed by atoms with van der Waals surface area (Å²) in [5.41, 5.74) is 3.62. The molecule has 1 aromatic carbocycles. The average Bonchev–Trinajstić information content (AvgIpc) is 3.43. The first-order chi connectivity index (χ1) is 19.2. The van der Waals surface area contributed by atoms with Gasteiger partial charge in [-0.25, -0.2) is 9.67 Å². The lowest BCUT2D eigenvalue weighted by Gasteiger charge is -2.66. The standard InChI is InChI=1S/C29H28N8O3/c1-17-8-20(6-5-7-30)9-18(2)24(17)40-25-22-19(3)37(21-10-32-36(11-21)16-39-4)26(38)23(22)33-27(34-25)35-29-12-28(13-29,14-29)15-31/h5-6,8-11,19H,12-14,16H2,1-4H3,(H,33,34,35)/b6-5+. The van der Waals surface area contributed by atoms with Crippen LogP contribution in [0.5, 0.6) is 11.6 Å². The minimum Gasteiger partial charge on any atom is -0.438 e. The number of fused-ring (bicyclic) bond motifs is 1. The number of nitrogens with one attached hydrogen (secondary N) is 1. The molecule has 1 N–H and O–H groups in total. The van der Waals surface area contributed by atoms with Crippen LogP contribution in [0.4, 0.5) is 11.6 Å². The molecule has 3 heterocycles. The third-order valence-electron chi connectivity index (χ3n) is 7.97. The van der Waals surface area contributed by atoms with E-state index in [0.29, 0.717) is 28.8 Å². The van der Waals surface area contributed by atoms with Crippen molar-refractivity contribution in [1.29, 1.82) is 10.5 Å². The summed E-state index contributed by atoms with van der Waals surface area (Å²) in [6.45, 7) is 6.03. The molecule has 0 radical (unpaired) electrons. The van der Waals surface area contributed by atoms with Gasteiger partial charge in [-0.2, -0.15) is 20.6 Å². The molecule has 1 atom stereocenters. The van der Waals surface area contributed by atoms with E-state index in [1.165, 1.54) is 6.08 Å². The van der Waals surface area contributed by atoms with Crippen molar-refractivity contribution in [2.75, 3.05) is 17.3 Å². The van der Waals surface area contributed by atoms with E-state index in [4.69, 9.17) is 19.7 Å². The first kappa shape index (κ1) is 25.5. The summed E-state index contributed by atoms with van der Waals surface area (Å²) in [4.78, 5) is 24.9. The number of rotatable bonds is 8. The maximum Gasteiger partial charge on any atom is 0.278 e. The van der Waals surface area contributed by atoms with Crippen LogP contribution in [0.2, 0.25) is 0 Å². The van der Waals surface area contributed by atoms with Crippen LogP contribution >= 0.6 is 0 Å². The number of anilines is 2. The summed E-state index contributed by atoms with van der Waals surface area (Å²) in [5, 5.41) is 26.1. The number of benzene rings is 1. The Labute approximate surface area is 231 Å². The quantitative estimate of drug-likeness (QED) is 0.402. The first-order valence-corrected chi connectivity index (χ1v) is 13.0. The van der Waals surface area contributed by atoms with E-state index in [1.807, 2.05) is 39.0 Å². The Morgan fingerprint density at radius 1 is 1.20 bits per heavy atom. The lowest BCUT2D eigenvalue weighted by molar-refractivity contribution is -0.0665. The number of carbonyl (C=O) groups is 1. The predicted molar refractivity (Wildman–Crippen MR) is 145 cm³/mol. The maximum atomic E-state index is 13.8. The minimum atomic E-state index is -0.415. The van der Waals surface area contributed by atoms with Crippen LogP contribution < -0.4 is 15.0 Å². The molecule has 202 valence electrons. The van der Waals surface area contributed by atoms with Crippen molar-refractivity contribution in [3.05, 3.63) is 58.6 Å². The van der Waals surface area contributed by atoms with Crippen LogP contribution in [0.1, 0.15) is 65.0 Å². The van der Waals surface area contributed by atoms with Crippen molar-refractivity contribution in [3.63, 3.8) is 0 Å². The molecule has 0 saturated heterocycles. The molecular formula is C29H28N8O3. The van der Waals surface area contributed by atoms with Crippen molar-refractivity contribution in [1.82, 2.24) is 19.7 Å². The lowest BCUT2D eigenvalue weighted by atomic mass is 9.40. The highest BCUT2D eigenvalue weighted by molar-refractivity contribution is 6.10. The van der Waals surface area contributed by atoms with Gasteiger partial charge in [-0.1, -0.05) is 0 Å². The SMILES string of the molecule is COCn1cc(N2C(=O)c3nc(NC45CC(C#N)(C4)C5)nc(Oc4c(C)cc(/C=C/C#N)cc4C)c3C2C)cn1. The molecule has 2 bridgehead atoms. The zero-order chi connectivity index (χ0) is 28.2. The Morgan fingerprint density at radius 2 is 1.93 bits per heavy atom. The number of allylic oxidation sites excluding steroid dienone is 1. The Morgan fingerprint density at radius 3 is 2.58 bits per heavy atom. The van der Waals surface area contributed by atoms with Gasteiger partial charge in [0.2, 0.25) is 11.8 Å². The van der Waals surface area contributed by atoms with Crippen LogP contribution in [0, 0.1) is 41.9 Å². The first-order valence-electron chi connectivity index (χ1n) is 13.0. The second-order valence-corrected chi connectivity index (χ2v) is 11.0. The molecule has 7 rings (SSSR count). The van der Waals surface area contributed by atoms with Gasteiger partial charge in [0.25, 0.3) is 5.91 Å². The average molecular weight is 537 g/mol. The summed E-state index contributed by atoms with van der Waals surface area (Å²) in [6, 6.07) is 7.88. The van der Waals surface area contributed by atoms with Gasteiger partial charge in [0.15, 0.2) is 0 Å². The number of aromatic nitrogens is 4. The number of carbonyl (C=O) groups excluding carboxylic acids is 1. The fourth-order valence-electron chi connectivity index (χ4n) is 6.31. The Kier molecular flexibility index (Phi) is 5.86. The predicted octanol–water partition coefficient (Wildman–Crippen LogP) is 4.80. The number of nitriles is 2. The van der Waals surface area contributed by atoms with E-state index in [-0.39, 0.29) is 29.3 Å². The topological polar surface area (TPSA) is 142 Å². The largest absolute Gasteiger partial charge is 0.438 e. The molecule has 1 amide bonds. The highest BCUT2D eigenvalue weighted by Gasteiger charge is 2.69. The normalized spacial score (nSPS) is 24.2. The van der Waals surface area contributed by atoms with E-state index in [2.05, 4.69) is 21.5 Å². The van der Waals surface area contributed by atoms with Gasteiger partial charge in [0, 0.05) is 18.7 Å². The summed E-state index contributed by atoms with van der Waals surface area (Å²) in [7, 11) is 1.58. The van der Waals surface area contributed by atoms with E-state index in [0.717, 1.165) is 36.0 Å². The van der Waals surface area contributed by atoms with Crippen LogP contribution in [0.15, 0.2) is 30.6 Å². The zero-order valence-electron chi connectivity index (χ0n) is 22.7. The van der Waals surface area contributed by atoms with Crippen molar-refractivity contribution in [3.8, 4) is 23.8 Å². The highest BCUT2D eigenvalue weighted by atomic mass is 16.5. The summed E-state index contributed by atoms with van der Waals surface area (Å²) in [6.07, 6.45) is 8.75. The molecule has 1 aliphatic heterocycles. The van der Waals surface area contributed by atoms with Crippen LogP contribution in [0.25, 0.3) is 6.08 Å². The van der Waals surface area contributed by atoms with Gasteiger partial charge in [-0.15, -0.1) is 0 Å². The van der Waals surface area contributed by atoms with Gasteiger partial charge in [0.05, 0.1) is 47.2 Å². The van der Waals surface area contributed by atoms with Crippen molar-refractivity contribution in [2.24, 2.45) is 5.41 Å². The second-order valence-electron chi connectivity index (χ2n) is 11.0. The third-order valence-corrected chi connectivity index (χ3v) is 7.97. The Balaban J connectivity index is 1.39. The van der Waals surface area contributed by atoms with E-state index < -0.39 is 6.04 Å². The molecule has 40 heavy (non-hydrogen) atoms. The molecule has 3 saturated carbocycles. The Hall–Kier alpha value is -4.74.